The number of rotatable bonds is 28. The summed E-state index contributed by atoms with van der Waals surface area (Å²) in [5, 5.41) is 48.9. The van der Waals surface area contributed by atoms with E-state index < -0.39 is 34.7 Å². The molecule has 0 aromatic heterocycles. The first kappa shape index (κ1) is 54.7. The van der Waals surface area contributed by atoms with Crippen molar-refractivity contribution in [3.8, 4) is 23.0 Å². The van der Waals surface area contributed by atoms with Crippen molar-refractivity contribution < 1.29 is 63.1 Å². The molecule has 1 heterocycles. The van der Waals surface area contributed by atoms with E-state index in [-0.39, 0.29) is 94.8 Å². The lowest BCUT2D eigenvalue weighted by atomic mass is 9.55. The Morgan fingerprint density at radius 3 is 2.38 bits per heavy atom. The molecule has 0 spiro atoms. The van der Waals surface area contributed by atoms with Gasteiger partial charge < -0.3 is 53.5 Å². The van der Waals surface area contributed by atoms with Gasteiger partial charge in [0.15, 0.2) is 0 Å². The van der Waals surface area contributed by atoms with E-state index >= 15 is 4.79 Å². The Kier molecular flexibility index (Phi) is 20.1. The Bertz CT molecular complexity index is 2390. The molecule has 2 fully saturated rings. The SMILES string of the molecule is C=CCO[C@@]12Oc3ccc(OC(=O)Nc4ccc(OC)cc4OC)cc3[C@H]3[C@H](CCCCO)[C@@H](CCCCO)C=C(C(=NOCc4ccc([N+](=O)[O-])cc4)C[C@@H]1N(CCOCCO)C(=O)CCC1CCCC1)[C@H]32. The van der Waals surface area contributed by atoms with Crippen molar-refractivity contribution in [2.45, 2.75) is 108 Å². The van der Waals surface area contributed by atoms with Crippen LogP contribution in [-0.4, -0.2) is 115 Å². The Morgan fingerprint density at radius 2 is 1.68 bits per heavy atom. The number of ether oxygens (including phenoxy) is 6. The lowest BCUT2D eigenvalue weighted by molar-refractivity contribution is -0.384. The smallest absolute Gasteiger partial charge is 0.417 e. The fourth-order valence-corrected chi connectivity index (χ4v) is 11.3. The van der Waals surface area contributed by atoms with E-state index in [1.54, 1.807) is 48.5 Å². The fraction of sp³-hybridized carbons (Fsp3) is 0.545. The number of nitro groups is 1. The first-order valence-corrected chi connectivity index (χ1v) is 25.7. The van der Waals surface area contributed by atoms with Crippen LogP contribution in [0.4, 0.5) is 16.2 Å². The number of methoxy groups -OCH3 is 2. The summed E-state index contributed by atoms with van der Waals surface area (Å²) >= 11 is 0. The Hall–Kier alpha value is -6.05. The quantitative estimate of drug-likeness (QED) is 0.0231. The van der Waals surface area contributed by atoms with Gasteiger partial charge in [0.05, 0.1) is 62.9 Å². The number of allylic oxidation sites excluding steroid dienone is 1. The van der Waals surface area contributed by atoms with Crippen molar-refractivity contribution in [3.63, 3.8) is 0 Å². The molecule has 73 heavy (non-hydrogen) atoms. The van der Waals surface area contributed by atoms with Crippen LogP contribution in [-0.2, 0) is 25.7 Å². The monoisotopic (exact) mass is 1010 g/mol. The molecule has 396 valence electrons. The number of nitrogens with one attached hydrogen (secondary N) is 1. The topological polar surface area (TPSA) is 230 Å². The second-order valence-corrected chi connectivity index (χ2v) is 19.2. The first-order chi connectivity index (χ1) is 35.6. The molecule has 3 aliphatic carbocycles. The predicted molar refractivity (Wildman–Crippen MR) is 273 cm³/mol. The van der Waals surface area contributed by atoms with Gasteiger partial charge in [-0.25, -0.2) is 4.79 Å². The lowest BCUT2D eigenvalue weighted by Crippen LogP contribution is -2.70. The number of carbonyl (C=O) groups excluding carboxylic acids is 2. The first-order valence-electron chi connectivity index (χ1n) is 25.7. The fourth-order valence-electron chi connectivity index (χ4n) is 11.3. The van der Waals surface area contributed by atoms with Crippen molar-refractivity contribution in [2.24, 2.45) is 28.8 Å². The molecule has 0 saturated heterocycles. The van der Waals surface area contributed by atoms with Gasteiger partial charge in [0.2, 0.25) is 11.7 Å². The molecule has 4 aliphatic rings. The van der Waals surface area contributed by atoms with Crippen LogP contribution in [0.2, 0.25) is 0 Å². The van der Waals surface area contributed by atoms with Crippen LogP contribution in [0, 0.1) is 33.8 Å². The van der Waals surface area contributed by atoms with Crippen LogP contribution in [0.1, 0.15) is 101 Å². The maximum Gasteiger partial charge on any atom is 0.417 e. The Morgan fingerprint density at radius 1 is 0.932 bits per heavy atom. The molecule has 6 atom stereocenters. The number of hydrogen-bond acceptors (Lipinski definition) is 15. The molecule has 7 rings (SSSR count). The van der Waals surface area contributed by atoms with Gasteiger partial charge in [-0.15, -0.1) is 6.58 Å². The lowest BCUT2D eigenvalue weighted by Gasteiger charge is -2.60. The van der Waals surface area contributed by atoms with Crippen LogP contribution in [0.25, 0.3) is 0 Å². The number of nitrogens with zero attached hydrogens (tertiary/aromatic N) is 3. The number of non-ortho nitro benzene ring substituents is 1. The van der Waals surface area contributed by atoms with E-state index in [9.17, 15) is 30.2 Å². The zero-order valence-electron chi connectivity index (χ0n) is 42.1. The molecule has 0 unspecified atom stereocenters. The summed E-state index contributed by atoms with van der Waals surface area (Å²) in [4.78, 5) is 47.8. The van der Waals surface area contributed by atoms with Crippen LogP contribution >= 0.6 is 0 Å². The van der Waals surface area contributed by atoms with Crippen molar-refractivity contribution in [2.75, 3.05) is 65.7 Å². The molecule has 18 heteroatoms. The zero-order valence-corrected chi connectivity index (χ0v) is 42.1. The minimum absolute atomic E-state index is 0.00111. The second-order valence-electron chi connectivity index (χ2n) is 19.2. The van der Waals surface area contributed by atoms with Crippen LogP contribution < -0.4 is 24.3 Å². The molecule has 0 radical (unpaired) electrons. The van der Waals surface area contributed by atoms with Crippen molar-refractivity contribution in [1.29, 1.82) is 0 Å². The van der Waals surface area contributed by atoms with Gasteiger partial charge in [0, 0.05) is 62.3 Å². The highest BCUT2D eigenvalue weighted by molar-refractivity contribution is 6.03. The Balaban J connectivity index is 1.38. The molecule has 18 nitrogen and oxygen atoms in total. The minimum Gasteiger partial charge on any atom is -0.497 e. The molecule has 0 bridgehead atoms. The van der Waals surface area contributed by atoms with Crippen molar-refractivity contribution in [1.82, 2.24) is 4.90 Å². The Labute approximate surface area is 427 Å². The van der Waals surface area contributed by atoms with Gasteiger partial charge in [-0.1, -0.05) is 55.8 Å². The van der Waals surface area contributed by atoms with E-state index in [0.717, 1.165) is 49.7 Å². The number of fused-ring (bicyclic) bond motifs is 2. The van der Waals surface area contributed by atoms with Crippen LogP contribution in [0.5, 0.6) is 23.0 Å². The number of aliphatic hydroxyl groups is 3. The molecule has 3 aromatic carbocycles. The molecular weight excluding hydrogens is 941 g/mol. The second kappa shape index (κ2) is 26.8. The highest BCUT2D eigenvalue weighted by atomic mass is 16.7. The van der Waals surface area contributed by atoms with Crippen LogP contribution in [0.3, 0.4) is 0 Å². The number of aliphatic hydroxyl groups excluding tert-OH is 3. The number of unbranched alkanes of at least 4 members (excludes halogenated alkanes) is 2. The van der Waals surface area contributed by atoms with Crippen LogP contribution in [0.15, 0.2) is 90.1 Å². The van der Waals surface area contributed by atoms with E-state index in [2.05, 4.69) is 18.0 Å². The third kappa shape index (κ3) is 13.4. The summed E-state index contributed by atoms with van der Waals surface area (Å²) in [6.07, 6.45) is 12.7. The zero-order chi connectivity index (χ0) is 51.7. The molecule has 3 aromatic rings. The maximum atomic E-state index is 15.1. The highest BCUT2D eigenvalue weighted by Crippen LogP contribution is 2.62. The number of benzene rings is 3. The van der Waals surface area contributed by atoms with E-state index in [1.165, 1.54) is 26.4 Å². The third-order valence-corrected chi connectivity index (χ3v) is 14.7. The summed E-state index contributed by atoms with van der Waals surface area (Å²) in [7, 11) is 3.02. The molecular formula is C55H72N4O14. The summed E-state index contributed by atoms with van der Waals surface area (Å²) in [6.45, 7) is 4.31. The van der Waals surface area contributed by atoms with Crippen molar-refractivity contribution in [3.05, 3.63) is 106 Å². The number of carbonyl (C=O) groups is 2. The normalized spacial score (nSPS) is 22.6. The van der Waals surface area contributed by atoms with Crippen molar-refractivity contribution >= 4 is 29.1 Å². The van der Waals surface area contributed by atoms with Gasteiger partial charge in [0.1, 0.15) is 35.6 Å². The van der Waals surface area contributed by atoms with E-state index in [4.69, 9.17) is 38.4 Å². The number of amides is 2. The number of nitro benzene ring substituents is 1. The van der Waals surface area contributed by atoms with Gasteiger partial charge >= 0.3 is 6.09 Å². The largest absolute Gasteiger partial charge is 0.497 e. The number of hydrogen-bond donors (Lipinski definition) is 4. The predicted octanol–water partition coefficient (Wildman–Crippen LogP) is 8.86. The summed E-state index contributed by atoms with van der Waals surface area (Å²) < 4.78 is 37.3. The summed E-state index contributed by atoms with van der Waals surface area (Å²) in [5.74, 6) is -0.823. The summed E-state index contributed by atoms with van der Waals surface area (Å²) in [6, 6.07) is 15.5. The molecule has 2 saturated carbocycles. The average molecular weight is 1010 g/mol. The standard InChI is InChI=1S/C55H72N4O14/c1-4-29-70-55-50(58(25-30-69-31-28-62)51(63)24-17-37-11-5-6-12-37)35-47(57-71-36-38-15-18-40(19-16-38)59(65)66)44-32-39(13-7-9-26-60)43(14-8-10-27-61)52(53(44)55)45-33-42(21-23-48(45)73-55)72-54(64)56-46-22-20-41(67-2)34-49(46)68-3/h4,15-16,18-23,32-34,37,39,43,50,52-53,60-62H,1,5-14,17,24-31,35-36H2,2-3H3,(H,56,64)/t39-,43+,50-,52+,53+,55+/m0/s1. The molecule has 2 amide bonds. The van der Waals surface area contributed by atoms with Gasteiger partial charge in [-0.2, -0.15) is 0 Å². The third-order valence-electron chi connectivity index (χ3n) is 14.7. The molecule has 4 N–H and O–H groups in total. The minimum atomic E-state index is -1.55. The summed E-state index contributed by atoms with van der Waals surface area (Å²) in [5.41, 5.74) is 3.10. The van der Waals surface area contributed by atoms with E-state index in [0.29, 0.717) is 72.2 Å². The number of anilines is 1. The molecule has 1 aliphatic heterocycles. The van der Waals surface area contributed by atoms with Gasteiger partial charge in [-0.05, 0) is 103 Å². The van der Waals surface area contributed by atoms with Gasteiger partial charge in [-0.3, -0.25) is 20.2 Å². The number of oxime groups is 1. The maximum absolute atomic E-state index is 15.1. The average Bonchev–Trinajstić information content (AvgIpc) is 3.93. The highest BCUT2D eigenvalue weighted by Gasteiger charge is 2.65. The van der Waals surface area contributed by atoms with E-state index in [1.807, 2.05) is 11.0 Å². The van der Waals surface area contributed by atoms with Gasteiger partial charge in [0.25, 0.3) is 5.69 Å².